The summed E-state index contributed by atoms with van der Waals surface area (Å²) < 4.78 is 30.8. The lowest BCUT2D eigenvalue weighted by Gasteiger charge is -2.23. The van der Waals surface area contributed by atoms with Gasteiger partial charge in [-0.05, 0) is 12.8 Å². The number of rotatable bonds is 10. The van der Waals surface area contributed by atoms with Gasteiger partial charge in [0, 0.05) is 26.1 Å². The molecule has 7 heteroatoms. The van der Waals surface area contributed by atoms with E-state index >= 15 is 0 Å². The van der Waals surface area contributed by atoms with Crippen LogP contribution in [0.1, 0.15) is 27.2 Å². The highest BCUT2D eigenvalue weighted by Crippen LogP contribution is 2.08. The molecule has 0 amide bonds. The van der Waals surface area contributed by atoms with Gasteiger partial charge >= 0.3 is 0 Å². The van der Waals surface area contributed by atoms with Gasteiger partial charge in [-0.1, -0.05) is 26.1 Å². The van der Waals surface area contributed by atoms with Crippen LogP contribution in [0, 0.1) is 5.92 Å². The Balaban J connectivity index is 4.55. The van der Waals surface area contributed by atoms with E-state index in [-0.39, 0.29) is 18.3 Å². The zero-order valence-electron chi connectivity index (χ0n) is 11.4. The Hall–Kier alpha value is -0.240. The van der Waals surface area contributed by atoms with Crippen molar-refractivity contribution in [3.05, 3.63) is 0 Å². The third-order valence-corrected chi connectivity index (χ3v) is 4.26. The number of thiocarbonyl (C=S) groups is 1. The molecule has 0 bridgehead atoms. The Kier molecular flexibility index (Phi) is 8.67. The second-order valence-electron chi connectivity index (χ2n) is 4.48. The van der Waals surface area contributed by atoms with Crippen LogP contribution in [-0.2, 0) is 14.8 Å². The molecule has 108 valence electrons. The number of hydrogen-bond acceptors (Lipinski definition) is 4. The van der Waals surface area contributed by atoms with Crippen LogP contribution in [0.4, 0.5) is 0 Å². The van der Waals surface area contributed by atoms with Crippen molar-refractivity contribution in [2.24, 2.45) is 11.7 Å². The van der Waals surface area contributed by atoms with E-state index in [9.17, 15) is 8.42 Å². The fourth-order valence-electron chi connectivity index (χ4n) is 1.42. The van der Waals surface area contributed by atoms with Gasteiger partial charge in [0.1, 0.15) is 0 Å². The summed E-state index contributed by atoms with van der Waals surface area (Å²) in [6.45, 7) is 7.37. The molecule has 0 rings (SSSR count). The van der Waals surface area contributed by atoms with Crippen LogP contribution in [0.15, 0.2) is 0 Å². The Bertz CT molecular complexity index is 342. The maximum atomic E-state index is 12.1. The lowest BCUT2D eigenvalue weighted by Crippen LogP contribution is -2.38. The molecule has 2 N–H and O–H groups in total. The summed E-state index contributed by atoms with van der Waals surface area (Å²) in [5.74, 6) is 0.267. The average molecular weight is 296 g/mol. The Morgan fingerprint density at radius 3 is 2.50 bits per heavy atom. The molecule has 5 nitrogen and oxygen atoms in total. The number of sulfonamides is 1. The van der Waals surface area contributed by atoms with E-state index in [4.69, 9.17) is 22.7 Å². The van der Waals surface area contributed by atoms with E-state index in [1.54, 1.807) is 0 Å². The SMILES string of the molecule is CCOCCS(=O)(=O)N(CCC(N)=S)CC(C)C. The summed E-state index contributed by atoms with van der Waals surface area (Å²) in [6.07, 6.45) is 0.413. The molecule has 0 atom stereocenters. The third kappa shape index (κ3) is 7.97. The molecule has 0 heterocycles. The molecule has 0 radical (unpaired) electrons. The molecule has 0 saturated heterocycles. The largest absolute Gasteiger partial charge is 0.393 e. The fourth-order valence-corrected chi connectivity index (χ4v) is 3.00. The van der Waals surface area contributed by atoms with Crippen molar-refractivity contribution in [1.82, 2.24) is 4.31 Å². The first-order valence-corrected chi connectivity index (χ1v) is 8.15. The molecule has 0 saturated carbocycles. The first kappa shape index (κ1) is 17.8. The van der Waals surface area contributed by atoms with Crippen LogP contribution in [-0.4, -0.2) is 49.8 Å². The molecule has 0 aliphatic heterocycles. The summed E-state index contributed by atoms with van der Waals surface area (Å²) >= 11 is 4.79. The quantitative estimate of drug-likeness (QED) is 0.481. The maximum absolute atomic E-state index is 12.1. The molecule has 18 heavy (non-hydrogen) atoms. The third-order valence-electron chi connectivity index (χ3n) is 2.26. The number of nitrogens with zero attached hydrogens (tertiary/aromatic N) is 1. The molecule has 0 aromatic rings. The predicted molar refractivity (Wildman–Crippen MR) is 78.1 cm³/mol. The van der Waals surface area contributed by atoms with Gasteiger partial charge < -0.3 is 10.5 Å². The highest BCUT2D eigenvalue weighted by atomic mass is 32.2. The fraction of sp³-hybridized carbons (Fsp3) is 0.909. The van der Waals surface area contributed by atoms with Crippen LogP contribution in [0.5, 0.6) is 0 Å². The number of nitrogens with two attached hydrogens (primary N) is 1. The maximum Gasteiger partial charge on any atom is 0.216 e. The van der Waals surface area contributed by atoms with E-state index in [2.05, 4.69) is 0 Å². The van der Waals surface area contributed by atoms with Crippen LogP contribution in [0.25, 0.3) is 0 Å². The normalized spacial score (nSPS) is 12.3. The summed E-state index contributed by atoms with van der Waals surface area (Å²) in [5.41, 5.74) is 5.42. The first-order valence-electron chi connectivity index (χ1n) is 6.13. The van der Waals surface area contributed by atoms with Gasteiger partial charge in [-0.25, -0.2) is 12.7 Å². The second kappa shape index (κ2) is 8.79. The van der Waals surface area contributed by atoms with Gasteiger partial charge in [-0.15, -0.1) is 0 Å². The van der Waals surface area contributed by atoms with E-state index in [1.807, 2.05) is 20.8 Å². The zero-order valence-corrected chi connectivity index (χ0v) is 13.0. The molecule has 0 aromatic heterocycles. The molecule has 0 fully saturated rings. The van der Waals surface area contributed by atoms with E-state index < -0.39 is 10.0 Å². The Morgan fingerprint density at radius 1 is 1.44 bits per heavy atom. The van der Waals surface area contributed by atoms with Gasteiger partial charge in [0.15, 0.2) is 0 Å². The molecule has 0 spiro atoms. The van der Waals surface area contributed by atoms with Crippen molar-refractivity contribution in [3.8, 4) is 0 Å². The predicted octanol–water partition coefficient (Wildman–Crippen LogP) is 0.987. The molecule has 0 aromatic carbocycles. The molecule has 0 unspecified atom stereocenters. The summed E-state index contributed by atoms with van der Waals surface area (Å²) in [7, 11) is -3.29. The minimum atomic E-state index is -3.29. The minimum Gasteiger partial charge on any atom is -0.393 e. The van der Waals surface area contributed by atoms with Gasteiger partial charge in [0.25, 0.3) is 0 Å². The highest BCUT2D eigenvalue weighted by Gasteiger charge is 2.22. The van der Waals surface area contributed by atoms with Gasteiger partial charge in [0.05, 0.1) is 17.3 Å². The zero-order chi connectivity index (χ0) is 14.2. The van der Waals surface area contributed by atoms with Crippen molar-refractivity contribution in [2.75, 3.05) is 32.1 Å². The number of hydrogen-bond donors (Lipinski definition) is 1. The lowest BCUT2D eigenvalue weighted by molar-refractivity contribution is 0.162. The second-order valence-corrected chi connectivity index (χ2v) is 7.09. The van der Waals surface area contributed by atoms with Crippen LogP contribution < -0.4 is 5.73 Å². The van der Waals surface area contributed by atoms with E-state index in [0.29, 0.717) is 31.1 Å². The monoisotopic (exact) mass is 296 g/mol. The van der Waals surface area contributed by atoms with Crippen LogP contribution >= 0.6 is 12.2 Å². The smallest absolute Gasteiger partial charge is 0.216 e. The van der Waals surface area contributed by atoms with Gasteiger partial charge in [-0.3, -0.25) is 0 Å². The van der Waals surface area contributed by atoms with Crippen molar-refractivity contribution < 1.29 is 13.2 Å². The van der Waals surface area contributed by atoms with Crippen LogP contribution in [0.3, 0.4) is 0 Å². The Morgan fingerprint density at radius 2 is 2.06 bits per heavy atom. The van der Waals surface area contributed by atoms with Crippen molar-refractivity contribution in [1.29, 1.82) is 0 Å². The topological polar surface area (TPSA) is 72.6 Å². The van der Waals surface area contributed by atoms with Crippen molar-refractivity contribution >= 4 is 27.2 Å². The standard InChI is InChI=1S/C11H24N2O3S2/c1-4-16-7-8-18(14,15)13(9-10(2)3)6-5-11(12)17/h10H,4-9H2,1-3H3,(H2,12,17). The first-order chi connectivity index (χ1) is 8.29. The molecule has 0 aliphatic rings. The van der Waals surface area contributed by atoms with Crippen molar-refractivity contribution in [2.45, 2.75) is 27.2 Å². The average Bonchev–Trinajstić information content (AvgIpc) is 2.23. The van der Waals surface area contributed by atoms with Crippen molar-refractivity contribution in [3.63, 3.8) is 0 Å². The molecular weight excluding hydrogens is 272 g/mol. The molecular formula is C11H24N2O3S2. The minimum absolute atomic E-state index is 0.00485. The lowest BCUT2D eigenvalue weighted by atomic mass is 10.2. The molecule has 0 aliphatic carbocycles. The summed E-state index contributed by atoms with van der Waals surface area (Å²) in [6, 6.07) is 0. The number of ether oxygens (including phenoxy) is 1. The van der Waals surface area contributed by atoms with E-state index in [0.717, 1.165) is 0 Å². The highest BCUT2D eigenvalue weighted by molar-refractivity contribution is 7.89. The summed E-state index contributed by atoms with van der Waals surface area (Å²) in [4.78, 5) is 0.337. The Labute approximate surface area is 116 Å². The van der Waals surface area contributed by atoms with Gasteiger partial charge in [0.2, 0.25) is 10.0 Å². The van der Waals surface area contributed by atoms with Gasteiger partial charge in [-0.2, -0.15) is 0 Å². The summed E-state index contributed by atoms with van der Waals surface area (Å²) in [5, 5.41) is 0. The van der Waals surface area contributed by atoms with Crippen LogP contribution in [0.2, 0.25) is 0 Å². The van der Waals surface area contributed by atoms with E-state index in [1.165, 1.54) is 4.31 Å².